The fourth-order valence-electron chi connectivity index (χ4n) is 0.608. The number of rotatable bonds is 0. The molecular weight excluding hydrogens is 172 g/mol. The van der Waals surface area contributed by atoms with Crippen LogP contribution in [0.2, 0.25) is 5.02 Å². The molecule has 1 aromatic rings. The summed E-state index contributed by atoms with van der Waals surface area (Å²) < 4.78 is 24.7. The minimum absolute atomic E-state index is 0.0643. The fourth-order valence-corrected chi connectivity index (χ4v) is 0.801. The van der Waals surface area contributed by atoms with Gasteiger partial charge in [0.05, 0.1) is 10.6 Å². The van der Waals surface area contributed by atoms with Gasteiger partial charge in [-0.05, 0) is 12.1 Å². The molecule has 1 aromatic carbocycles. The second-order valence-electron chi connectivity index (χ2n) is 1.86. The quantitative estimate of drug-likeness (QED) is 0.553. The molecule has 0 aliphatic heterocycles. The predicted octanol–water partition coefficient (Wildman–Crippen LogP) is 2.49. The van der Waals surface area contributed by atoms with Crippen molar-refractivity contribution in [3.63, 3.8) is 0 Å². The molecule has 0 atom stereocenters. The van der Waals surface area contributed by atoms with Crippen LogP contribution in [0.5, 0.6) is 0 Å². The van der Waals surface area contributed by atoms with Crippen molar-refractivity contribution in [3.8, 4) is 6.07 Å². The van der Waals surface area contributed by atoms with Crippen molar-refractivity contribution < 1.29 is 8.78 Å². The first kappa shape index (κ1) is 7.96. The summed E-state index contributed by atoms with van der Waals surface area (Å²) in [4.78, 5) is 0. The van der Waals surface area contributed by atoms with Crippen LogP contribution >= 0.6 is 11.6 Å². The number of halogens is 3. The molecule has 0 fully saturated rings. The molecule has 0 N–H and O–H groups in total. The van der Waals surface area contributed by atoms with Gasteiger partial charge in [0, 0.05) is 0 Å². The Hall–Kier alpha value is -1.14. The first-order chi connectivity index (χ1) is 5.15. The molecule has 0 aliphatic carbocycles. The summed E-state index contributed by atoms with van der Waals surface area (Å²) in [7, 11) is 0. The van der Waals surface area contributed by atoms with E-state index in [1.807, 2.05) is 0 Å². The average molecular weight is 174 g/mol. The van der Waals surface area contributed by atoms with Gasteiger partial charge in [-0.3, -0.25) is 0 Å². The summed E-state index contributed by atoms with van der Waals surface area (Å²) in [6.45, 7) is 0. The molecule has 4 heteroatoms. The predicted molar refractivity (Wildman–Crippen MR) is 36.1 cm³/mol. The molecule has 1 rings (SSSR count). The van der Waals surface area contributed by atoms with E-state index in [1.54, 1.807) is 6.07 Å². The number of hydrogen-bond donors (Lipinski definition) is 0. The Morgan fingerprint density at radius 3 is 2.36 bits per heavy atom. The van der Waals surface area contributed by atoms with Gasteiger partial charge in [-0.25, -0.2) is 8.78 Å². The van der Waals surface area contributed by atoms with Crippen molar-refractivity contribution in [1.82, 2.24) is 0 Å². The average Bonchev–Trinajstić information content (AvgIpc) is 1.97. The van der Waals surface area contributed by atoms with Gasteiger partial charge in [0.25, 0.3) is 0 Å². The summed E-state index contributed by atoms with van der Waals surface area (Å²) in [6, 6.07) is 3.16. The molecule has 56 valence electrons. The van der Waals surface area contributed by atoms with Crippen LogP contribution in [0.3, 0.4) is 0 Å². The molecule has 0 amide bonds. The summed E-state index contributed by atoms with van der Waals surface area (Å²) in [5.74, 6) is -2.11. The van der Waals surface area contributed by atoms with Crippen molar-refractivity contribution in [3.05, 3.63) is 34.4 Å². The van der Waals surface area contributed by atoms with Gasteiger partial charge in [0.15, 0.2) is 11.6 Å². The highest BCUT2D eigenvalue weighted by atomic mass is 35.5. The smallest absolute Gasteiger partial charge is 0.160 e. The van der Waals surface area contributed by atoms with Crippen LogP contribution in [-0.4, -0.2) is 0 Å². The summed E-state index contributed by atoms with van der Waals surface area (Å²) in [5.41, 5.74) is -0.0643. The van der Waals surface area contributed by atoms with E-state index in [0.717, 1.165) is 12.1 Å². The monoisotopic (exact) mass is 173 g/mol. The molecule has 11 heavy (non-hydrogen) atoms. The van der Waals surface area contributed by atoms with Crippen LogP contribution in [0.25, 0.3) is 0 Å². The highest BCUT2D eigenvalue weighted by molar-refractivity contribution is 6.31. The van der Waals surface area contributed by atoms with Gasteiger partial charge in [-0.2, -0.15) is 5.26 Å². The third-order valence-electron chi connectivity index (χ3n) is 1.13. The molecule has 0 saturated heterocycles. The van der Waals surface area contributed by atoms with Gasteiger partial charge in [0.1, 0.15) is 6.07 Å². The standard InChI is InChI=1S/C7H2ClF2N/c8-5-2-7(10)6(9)1-4(5)3-11/h1-2H. The maximum absolute atomic E-state index is 12.4. The number of nitriles is 1. The van der Waals surface area contributed by atoms with Crippen molar-refractivity contribution in [2.24, 2.45) is 0 Å². The number of nitrogens with zero attached hydrogens (tertiary/aromatic N) is 1. The molecule has 0 aromatic heterocycles. The molecule has 0 heterocycles. The SMILES string of the molecule is N#Cc1cc(F)c(F)cc1Cl. The van der Waals surface area contributed by atoms with E-state index in [9.17, 15) is 8.78 Å². The topological polar surface area (TPSA) is 23.8 Å². The Kier molecular flexibility index (Phi) is 2.06. The van der Waals surface area contributed by atoms with Crippen molar-refractivity contribution in [2.75, 3.05) is 0 Å². The Morgan fingerprint density at radius 1 is 1.27 bits per heavy atom. The Balaban J connectivity index is 3.35. The lowest BCUT2D eigenvalue weighted by atomic mass is 10.2. The Bertz CT molecular complexity index is 330. The van der Waals surface area contributed by atoms with E-state index in [1.165, 1.54) is 0 Å². The lowest BCUT2D eigenvalue weighted by molar-refractivity contribution is 0.508. The van der Waals surface area contributed by atoms with Crippen LogP contribution in [0.4, 0.5) is 8.78 Å². The van der Waals surface area contributed by atoms with E-state index < -0.39 is 11.6 Å². The largest absolute Gasteiger partial charge is 0.204 e. The molecule has 0 spiro atoms. The first-order valence-electron chi connectivity index (χ1n) is 2.70. The molecule has 0 saturated carbocycles. The third-order valence-corrected chi connectivity index (χ3v) is 1.44. The molecular formula is C7H2ClF2N. The zero-order valence-electron chi connectivity index (χ0n) is 5.24. The molecule has 0 aliphatic rings. The Labute approximate surface area is 66.8 Å². The third kappa shape index (κ3) is 1.47. The lowest BCUT2D eigenvalue weighted by Gasteiger charge is -1.94. The summed E-state index contributed by atoms with van der Waals surface area (Å²) >= 11 is 5.37. The second kappa shape index (κ2) is 2.85. The fraction of sp³-hybridized carbons (Fsp3) is 0. The van der Waals surface area contributed by atoms with Gasteiger partial charge in [-0.15, -0.1) is 0 Å². The van der Waals surface area contributed by atoms with Gasteiger partial charge in [0.2, 0.25) is 0 Å². The second-order valence-corrected chi connectivity index (χ2v) is 2.27. The molecule has 0 bridgehead atoms. The van der Waals surface area contributed by atoms with Crippen LogP contribution in [0.1, 0.15) is 5.56 Å². The molecule has 0 unspecified atom stereocenters. The minimum atomic E-state index is -1.06. The van der Waals surface area contributed by atoms with Crippen molar-refractivity contribution in [1.29, 1.82) is 5.26 Å². The first-order valence-corrected chi connectivity index (χ1v) is 3.07. The zero-order valence-corrected chi connectivity index (χ0v) is 5.99. The normalized spacial score (nSPS) is 9.27. The maximum Gasteiger partial charge on any atom is 0.160 e. The van der Waals surface area contributed by atoms with Crippen molar-refractivity contribution >= 4 is 11.6 Å². The van der Waals surface area contributed by atoms with Crippen LogP contribution in [0.15, 0.2) is 12.1 Å². The van der Waals surface area contributed by atoms with E-state index in [2.05, 4.69) is 0 Å². The van der Waals surface area contributed by atoms with E-state index in [0.29, 0.717) is 0 Å². The van der Waals surface area contributed by atoms with Gasteiger partial charge < -0.3 is 0 Å². The van der Waals surface area contributed by atoms with E-state index >= 15 is 0 Å². The van der Waals surface area contributed by atoms with Gasteiger partial charge >= 0.3 is 0 Å². The summed E-state index contributed by atoms with van der Waals surface area (Å²) in [5, 5.41) is 8.23. The van der Waals surface area contributed by atoms with Gasteiger partial charge in [-0.1, -0.05) is 11.6 Å². The highest BCUT2D eigenvalue weighted by Gasteiger charge is 2.06. The maximum atomic E-state index is 12.4. The number of benzene rings is 1. The lowest BCUT2D eigenvalue weighted by Crippen LogP contribution is -1.86. The van der Waals surface area contributed by atoms with Crippen LogP contribution in [0, 0.1) is 23.0 Å². The summed E-state index contributed by atoms with van der Waals surface area (Å²) in [6.07, 6.45) is 0. The van der Waals surface area contributed by atoms with E-state index in [-0.39, 0.29) is 10.6 Å². The highest BCUT2D eigenvalue weighted by Crippen LogP contribution is 2.18. The molecule has 0 radical (unpaired) electrons. The zero-order chi connectivity index (χ0) is 8.43. The molecule has 1 nitrogen and oxygen atoms in total. The number of hydrogen-bond acceptors (Lipinski definition) is 1. The Morgan fingerprint density at radius 2 is 1.82 bits per heavy atom. The van der Waals surface area contributed by atoms with E-state index in [4.69, 9.17) is 16.9 Å². The minimum Gasteiger partial charge on any atom is -0.204 e. The van der Waals surface area contributed by atoms with Crippen LogP contribution < -0.4 is 0 Å². The van der Waals surface area contributed by atoms with Crippen molar-refractivity contribution in [2.45, 2.75) is 0 Å². The van der Waals surface area contributed by atoms with Crippen LogP contribution in [-0.2, 0) is 0 Å².